The maximum atomic E-state index is 13.5. The van der Waals surface area contributed by atoms with Gasteiger partial charge in [0.15, 0.2) is 5.82 Å². The number of allylic oxidation sites excluding steroid dienone is 2. The first-order chi connectivity index (χ1) is 22.3. The van der Waals surface area contributed by atoms with Crippen molar-refractivity contribution in [2.24, 2.45) is 0 Å². The lowest BCUT2D eigenvalue weighted by molar-refractivity contribution is 0.0583. The second-order valence-electron chi connectivity index (χ2n) is 11.5. The molecule has 4 heterocycles. The van der Waals surface area contributed by atoms with E-state index in [1.165, 1.54) is 0 Å². The number of aromatic nitrogens is 3. The van der Waals surface area contributed by atoms with Gasteiger partial charge >= 0.3 is 0 Å². The molecule has 4 aromatic rings. The molecule has 6 rings (SSSR count). The Bertz CT molecular complexity index is 1760. The van der Waals surface area contributed by atoms with Crippen LogP contribution in [0.4, 0.5) is 10.2 Å². The summed E-state index contributed by atoms with van der Waals surface area (Å²) in [7, 11) is 1.57. The molecule has 1 aliphatic carbocycles. The van der Waals surface area contributed by atoms with Crippen molar-refractivity contribution in [1.82, 2.24) is 25.2 Å². The van der Waals surface area contributed by atoms with Gasteiger partial charge in [0.25, 0.3) is 0 Å². The number of methoxy groups -OCH3 is 1. The lowest BCUT2D eigenvalue weighted by atomic mass is 9.80. The number of hydrogen-bond acceptors (Lipinski definition) is 9. The number of rotatable bonds is 12. The van der Waals surface area contributed by atoms with E-state index in [9.17, 15) is 14.6 Å². The average molecular weight is 666 g/mol. The first-order valence-electron chi connectivity index (χ1n) is 15.0. The Balaban J connectivity index is 1.40. The topological polar surface area (TPSA) is 116 Å². The molecule has 0 saturated carbocycles. The van der Waals surface area contributed by atoms with Crippen molar-refractivity contribution >= 4 is 45.5 Å². The van der Waals surface area contributed by atoms with Crippen LogP contribution in [0.3, 0.4) is 0 Å². The minimum Gasteiger partial charge on any atom is -0.481 e. The number of pyridine rings is 3. The smallest absolute Gasteiger partial charge is 0.217 e. The maximum absolute atomic E-state index is 13.5. The Labute approximate surface area is 276 Å². The summed E-state index contributed by atoms with van der Waals surface area (Å²) in [6.45, 7) is 1.36. The molecule has 2 aliphatic rings. The van der Waals surface area contributed by atoms with Crippen LogP contribution in [0.2, 0.25) is 5.02 Å². The molecule has 0 spiro atoms. The number of ether oxygens (including phenoxy) is 1. The van der Waals surface area contributed by atoms with Crippen molar-refractivity contribution in [2.45, 2.75) is 36.2 Å². The number of aliphatic hydroxyl groups excluding tert-OH is 2. The monoisotopic (exact) mass is 664 g/mol. The summed E-state index contributed by atoms with van der Waals surface area (Å²) in [5.41, 5.74) is 3.42. The van der Waals surface area contributed by atoms with Crippen LogP contribution >= 0.6 is 23.2 Å². The van der Waals surface area contributed by atoms with Gasteiger partial charge in [-0.05, 0) is 41.0 Å². The SMILES string of the molecule is COc1nc(C2(Nc3nccc4cc(CNC(CO)CO)cnc34)C=CC=C(c3ccccc3Cl)C2Cl)ccc1CN1CC(F)C1. The first kappa shape index (κ1) is 32.3. The molecule has 4 N–H and O–H groups in total. The van der Waals surface area contributed by atoms with Crippen LogP contribution in [-0.2, 0) is 18.6 Å². The van der Waals surface area contributed by atoms with Gasteiger partial charge in [-0.3, -0.25) is 9.88 Å². The fraction of sp³-hybridized carbons (Fsp3) is 0.324. The number of aliphatic hydroxyl groups is 2. The van der Waals surface area contributed by atoms with E-state index in [1.807, 2.05) is 71.7 Å². The van der Waals surface area contributed by atoms with Crippen LogP contribution in [0, 0.1) is 0 Å². The lowest BCUT2D eigenvalue weighted by Gasteiger charge is -2.40. The Morgan fingerprint density at radius 3 is 2.67 bits per heavy atom. The number of nitrogens with one attached hydrogen (secondary N) is 2. The molecular formula is C34H35Cl2FN6O3. The molecule has 0 bridgehead atoms. The highest BCUT2D eigenvalue weighted by atomic mass is 35.5. The predicted octanol–water partition coefficient (Wildman–Crippen LogP) is 4.85. The molecule has 0 radical (unpaired) electrons. The van der Waals surface area contributed by atoms with E-state index in [0.717, 1.165) is 27.6 Å². The summed E-state index contributed by atoms with van der Waals surface area (Å²) in [6, 6.07) is 14.8. The van der Waals surface area contributed by atoms with Crippen molar-refractivity contribution < 1.29 is 19.3 Å². The van der Waals surface area contributed by atoms with E-state index in [4.69, 9.17) is 37.9 Å². The number of alkyl halides is 2. The van der Waals surface area contributed by atoms with Crippen LogP contribution in [0.15, 0.2) is 79.2 Å². The third-order valence-electron chi connectivity index (χ3n) is 8.37. The van der Waals surface area contributed by atoms with E-state index >= 15 is 0 Å². The molecule has 1 fully saturated rings. The number of fused-ring (bicyclic) bond motifs is 1. The Kier molecular flexibility index (Phi) is 9.84. The molecule has 3 aromatic heterocycles. The number of benzene rings is 1. The highest BCUT2D eigenvalue weighted by Gasteiger charge is 2.44. The van der Waals surface area contributed by atoms with Gasteiger partial charge in [-0.15, -0.1) is 11.6 Å². The first-order valence-corrected chi connectivity index (χ1v) is 15.8. The van der Waals surface area contributed by atoms with Gasteiger partial charge in [0.05, 0.1) is 37.4 Å². The Hall–Kier alpha value is -3.64. The van der Waals surface area contributed by atoms with Gasteiger partial charge in [-0.2, -0.15) is 0 Å². The van der Waals surface area contributed by atoms with Crippen molar-refractivity contribution in [2.75, 3.05) is 38.7 Å². The van der Waals surface area contributed by atoms with Crippen LogP contribution in [0.5, 0.6) is 5.88 Å². The van der Waals surface area contributed by atoms with Crippen LogP contribution in [0.1, 0.15) is 22.4 Å². The molecule has 46 heavy (non-hydrogen) atoms. The van der Waals surface area contributed by atoms with Crippen molar-refractivity contribution in [3.8, 4) is 5.88 Å². The summed E-state index contributed by atoms with van der Waals surface area (Å²) < 4.78 is 19.3. The minimum absolute atomic E-state index is 0.175. The second kappa shape index (κ2) is 14.0. The highest BCUT2D eigenvalue weighted by Crippen LogP contribution is 2.45. The molecular weight excluding hydrogens is 630 g/mol. The summed E-state index contributed by atoms with van der Waals surface area (Å²) in [4.78, 5) is 16.4. The Morgan fingerprint density at radius 2 is 1.93 bits per heavy atom. The number of likely N-dealkylation sites (tertiary alicyclic amines) is 1. The second-order valence-corrected chi connectivity index (χ2v) is 12.3. The maximum Gasteiger partial charge on any atom is 0.217 e. The molecule has 2 unspecified atom stereocenters. The average Bonchev–Trinajstić information content (AvgIpc) is 3.06. The highest BCUT2D eigenvalue weighted by molar-refractivity contribution is 6.34. The van der Waals surface area contributed by atoms with E-state index < -0.39 is 23.1 Å². The van der Waals surface area contributed by atoms with E-state index in [1.54, 1.807) is 19.5 Å². The van der Waals surface area contributed by atoms with Gasteiger partial charge in [0, 0.05) is 54.5 Å². The van der Waals surface area contributed by atoms with Crippen LogP contribution in [-0.4, -0.2) is 81.1 Å². The zero-order valence-corrected chi connectivity index (χ0v) is 26.7. The van der Waals surface area contributed by atoms with Gasteiger partial charge < -0.3 is 25.6 Å². The van der Waals surface area contributed by atoms with Gasteiger partial charge in [-0.25, -0.2) is 14.4 Å². The molecule has 240 valence electrons. The summed E-state index contributed by atoms with van der Waals surface area (Å²) in [6.07, 6.45) is 8.45. The number of halogens is 3. The van der Waals surface area contributed by atoms with Gasteiger partial charge in [0.1, 0.15) is 17.2 Å². The summed E-state index contributed by atoms with van der Waals surface area (Å²) in [5.74, 6) is 0.924. The van der Waals surface area contributed by atoms with Gasteiger partial charge in [0.2, 0.25) is 5.88 Å². The molecule has 2 atom stereocenters. The third-order valence-corrected chi connectivity index (χ3v) is 9.28. The Morgan fingerprint density at radius 1 is 1.13 bits per heavy atom. The molecule has 1 saturated heterocycles. The zero-order chi connectivity index (χ0) is 32.3. The third kappa shape index (κ3) is 6.46. The van der Waals surface area contributed by atoms with E-state index in [0.29, 0.717) is 54.1 Å². The lowest BCUT2D eigenvalue weighted by Crippen LogP contribution is -2.47. The van der Waals surface area contributed by atoms with E-state index in [-0.39, 0.29) is 13.2 Å². The number of hydrogen-bond donors (Lipinski definition) is 4. The largest absolute Gasteiger partial charge is 0.481 e. The number of nitrogens with zero attached hydrogens (tertiary/aromatic N) is 4. The van der Waals surface area contributed by atoms with Crippen molar-refractivity contribution in [3.63, 3.8) is 0 Å². The molecule has 12 heteroatoms. The summed E-state index contributed by atoms with van der Waals surface area (Å²) in [5, 5.41) is 26.3. The van der Waals surface area contributed by atoms with E-state index in [2.05, 4.69) is 15.6 Å². The van der Waals surface area contributed by atoms with Crippen LogP contribution < -0.4 is 15.4 Å². The van der Waals surface area contributed by atoms with Crippen molar-refractivity contribution in [1.29, 1.82) is 0 Å². The molecule has 9 nitrogen and oxygen atoms in total. The predicted molar refractivity (Wildman–Crippen MR) is 179 cm³/mol. The molecule has 1 aliphatic heterocycles. The minimum atomic E-state index is -1.12. The summed E-state index contributed by atoms with van der Waals surface area (Å²) >= 11 is 14.1. The fourth-order valence-electron chi connectivity index (χ4n) is 5.84. The van der Waals surface area contributed by atoms with Gasteiger partial charge in [-0.1, -0.05) is 54.1 Å². The quantitative estimate of drug-likeness (QED) is 0.158. The molecule has 1 aromatic carbocycles. The standard InChI is InChI=1S/C34H35Cl2FN6O3/c1-46-33-23(16-43-17-24(37)18-43)8-9-29(41-33)34(11-4-6-27(31(34)36)26-5-2-3-7-28(26)35)42-32-30-22(10-12-38-32)13-21(15-40-30)14-39-25(19-44)20-45/h2-13,15,24-25,31,39,44-45H,14,16-20H2,1H3,(H,38,42). The van der Waals surface area contributed by atoms with Crippen molar-refractivity contribution in [3.05, 3.63) is 107 Å². The van der Waals surface area contributed by atoms with Crippen LogP contribution in [0.25, 0.3) is 16.5 Å². The zero-order valence-electron chi connectivity index (χ0n) is 25.2. The fourth-order valence-corrected chi connectivity index (χ4v) is 6.51. The normalized spacial score (nSPS) is 20.2. The molecule has 0 amide bonds. The number of anilines is 1.